The average molecular weight is 383 g/mol. The van der Waals surface area contributed by atoms with Crippen LogP contribution in [0.3, 0.4) is 0 Å². The molecule has 0 aromatic carbocycles. The molecule has 1 atom stereocenters. The number of hydrogen-bond acceptors (Lipinski definition) is 6. The number of allylic oxidation sites excluding steroid dienone is 1. The maximum atomic E-state index is 12.2. The average Bonchev–Trinajstić information content (AvgIpc) is 3.02. The molecule has 0 unspecified atom stereocenters. The molecule has 25 heavy (non-hydrogen) atoms. The molecule has 1 aliphatic carbocycles. The van der Waals surface area contributed by atoms with Gasteiger partial charge in [-0.25, -0.2) is 4.98 Å². The van der Waals surface area contributed by atoms with Crippen LogP contribution in [0.5, 0.6) is 0 Å². The minimum absolute atomic E-state index is 0.0311. The van der Waals surface area contributed by atoms with E-state index in [2.05, 4.69) is 16.4 Å². The van der Waals surface area contributed by atoms with Crippen molar-refractivity contribution in [3.8, 4) is 0 Å². The Morgan fingerprint density at radius 1 is 1.44 bits per heavy atom. The molecule has 1 aromatic heterocycles. The van der Waals surface area contributed by atoms with E-state index in [1.54, 1.807) is 6.92 Å². The summed E-state index contributed by atoms with van der Waals surface area (Å²) in [5, 5.41) is 4.65. The Morgan fingerprint density at radius 3 is 3.00 bits per heavy atom. The van der Waals surface area contributed by atoms with Gasteiger partial charge in [0.1, 0.15) is 0 Å². The van der Waals surface area contributed by atoms with Crippen LogP contribution in [0.15, 0.2) is 21.4 Å². The number of ether oxygens (including phenoxy) is 1. The quantitative estimate of drug-likeness (QED) is 0.400. The molecule has 2 rings (SSSR count). The van der Waals surface area contributed by atoms with Crippen LogP contribution < -0.4 is 5.32 Å². The Morgan fingerprint density at radius 2 is 2.28 bits per heavy atom. The number of aromatic nitrogens is 1. The molecule has 0 fully saturated rings. The van der Waals surface area contributed by atoms with Crippen molar-refractivity contribution < 1.29 is 14.3 Å². The molecule has 1 N–H and O–H groups in total. The van der Waals surface area contributed by atoms with Gasteiger partial charge in [-0.05, 0) is 46.0 Å². The van der Waals surface area contributed by atoms with Crippen molar-refractivity contribution in [2.75, 3.05) is 13.2 Å². The molecule has 0 bridgehead atoms. The van der Waals surface area contributed by atoms with E-state index in [1.807, 2.05) is 12.3 Å². The largest absolute Gasteiger partial charge is 0.466 e. The molecule has 1 aromatic rings. The van der Waals surface area contributed by atoms with Crippen LogP contribution in [-0.4, -0.2) is 35.3 Å². The maximum absolute atomic E-state index is 12.2. The van der Waals surface area contributed by atoms with E-state index in [-0.39, 0.29) is 23.5 Å². The first kappa shape index (κ1) is 20.0. The fourth-order valence-corrected chi connectivity index (χ4v) is 4.62. The van der Waals surface area contributed by atoms with Gasteiger partial charge in [-0.15, -0.1) is 11.3 Å². The zero-order chi connectivity index (χ0) is 18.1. The first-order chi connectivity index (χ1) is 12.1. The van der Waals surface area contributed by atoms with Gasteiger partial charge < -0.3 is 10.1 Å². The van der Waals surface area contributed by atoms with E-state index in [0.29, 0.717) is 18.8 Å². The van der Waals surface area contributed by atoms with Crippen molar-refractivity contribution in [1.82, 2.24) is 10.3 Å². The van der Waals surface area contributed by atoms with Gasteiger partial charge in [0.05, 0.1) is 24.0 Å². The summed E-state index contributed by atoms with van der Waals surface area (Å²) in [5.41, 5.74) is 2.16. The Labute approximate surface area is 157 Å². The second kappa shape index (κ2) is 10.6. The van der Waals surface area contributed by atoms with Crippen LogP contribution in [0.1, 0.15) is 51.6 Å². The molecule has 5 nitrogen and oxygen atoms in total. The minimum atomic E-state index is -0.271. The zero-order valence-electron chi connectivity index (χ0n) is 14.9. The predicted molar refractivity (Wildman–Crippen MR) is 102 cm³/mol. The lowest BCUT2D eigenvalue weighted by Crippen LogP contribution is -2.31. The number of nitrogens with one attached hydrogen (secondary N) is 1. The summed E-state index contributed by atoms with van der Waals surface area (Å²) in [6.45, 7) is 4.73. The SMILES string of the molecule is CCOC(=O)Cc1csc(S[C@@H](C)C(=O)NCCC2=CCCCC2)n1. The smallest absolute Gasteiger partial charge is 0.311 e. The fraction of sp³-hybridized carbons (Fsp3) is 0.611. The Kier molecular flexibility index (Phi) is 8.48. The number of amides is 1. The standard InChI is InChI=1S/C18H26N2O3S2/c1-3-23-16(21)11-15-12-24-18(20-15)25-13(2)17(22)19-10-9-14-7-5-4-6-8-14/h7,12-13H,3-6,8-11H2,1-2H3,(H,19,22)/t13-/m0/s1. The van der Waals surface area contributed by atoms with E-state index in [1.165, 1.54) is 54.4 Å². The summed E-state index contributed by atoms with van der Waals surface area (Å²) < 4.78 is 5.72. The molecule has 0 saturated carbocycles. The number of carbonyl (C=O) groups excluding carboxylic acids is 2. The lowest BCUT2D eigenvalue weighted by Gasteiger charge is -2.14. The summed E-state index contributed by atoms with van der Waals surface area (Å²) >= 11 is 2.88. The van der Waals surface area contributed by atoms with Crippen molar-refractivity contribution in [1.29, 1.82) is 0 Å². The highest BCUT2D eigenvalue weighted by Crippen LogP contribution is 2.27. The highest BCUT2D eigenvalue weighted by atomic mass is 32.2. The molecular formula is C18H26N2O3S2. The summed E-state index contributed by atoms with van der Waals surface area (Å²) in [7, 11) is 0. The maximum Gasteiger partial charge on any atom is 0.311 e. The summed E-state index contributed by atoms with van der Waals surface area (Å²) in [6.07, 6.45) is 8.34. The second-order valence-electron chi connectivity index (χ2n) is 6.00. The van der Waals surface area contributed by atoms with Crippen LogP contribution in [0.2, 0.25) is 0 Å². The monoisotopic (exact) mass is 382 g/mol. The molecule has 0 aliphatic heterocycles. The summed E-state index contributed by atoms with van der Waals surface area (Å²) in [5.74, 6) is -0.240. The number of hydrogen-bond donors (Lipinski definition) is 1. The zero-order valence-corrected chi connectivity index (χ0v) is 16.5. The Hall–Kier alpha value is -1.34. The highest BCUT2D eigenvalue weighted by molar-refractivity contribution is 8.02. The van der Waals surface area contributed by atoms with Crippen LogP contribution in [0.25, 0.3) is 0 Å². The lowest BCUT2D eigenvalue weighted by atomic mass is 9.97. The fourth-order valence-electron chi connectivity index (χ4n) is 2.61. The van der Waals surface area contributed by atoms with Crippen molar-refractivity contribution >= 4 is 35.0 Å². The Balaban J connectivity index is 1.72. The topological polar surface area (TPSA) is 68.3 Å². The van der Waals surface area contributed by atoms with Crippen molar-refractivity contribution in [2.45, 2.75) is 62.0 Å². The molecule has 138 valence electrons. The van der Waals surface area contributed by atoms with E-state index in [4.69, 9.17) is 4.74 Å². The summed E-state index contributed by atoms with van der Waals surface area (Å²) in [4.78, 5) is 28.1. The third kappa shape index (κ3) is 7.20. The highest BCUT2D eigenvalue weighted by Gasteiger charge is 2.17. The van der Waals surface area contributed by atoms with Gasteiger partial charge in [0.25, 0.3) is 0 Å². The van der Waals surface area contributed by atoms with E-state index < -0.39 is 0 Å². The predicted octanol–water partition coefficient (Wildman–Crippen LogP) is 3.74. The molecule has 0 spiro atoms. The summed E-state index contributed by atoms with van der Waals surface area (Å²) in [6, 6.07) is 0. The number of carbonyl (C=O) groups is 2. The number of nitrogens with zero attached hydrogens (tertiary/aromatic N) is 1. The van der Waals surface area contributed by atoms with Gasteiger partial charge in [0.15, 0.2) is 4.34 Å². The second-order valence-corrected chi connectivity index (χ2v) is 8.44. The van der Waals surface area contributed by atoms with Crippen molar-refractivity contribution in [2.24, 2.45) is 0 Å². The first-order valence-corrected chi connectivity index (χ1v) is 10.6. The van der Waals surface area contributed by atoms with Gasteiger partial charge in [0.2, 0.25) is 5.91 Å². The number of thioether (sulfide) groups is 1. The van der Waals surface area contributed by atoms with Gasteiger partial charge in [0, 0.05) is 11.9 Å². The van der Waals surface area contributed by atoms with E-state index in [9.17, 15) is 9.59 Å². The van der Waals surface area contributed by atoms with E-state index >= 15 is 0 Å². The number of esters is 1. The normalized spacial score (nSPS) is 15.4. The van der Waals surface area contributed by atoms with Gasteiger partial charge in [-0.3, -0.25) is 9.59 Å². The molecular weight excluding hydrogens is 356 g/mol. The van der Waals surface area contributed by atoms with Gasteiger partial charge in [-0.1, -0.05) is 23.4 Å². The van der Waals surface area contributed by atoms with Gasteiger partial charge in [-0.2, -0.15) is 0 Å². The van der Waals surface area contributed by atoms with E-state index in [0.717, 1.165) is 10.8 Å². The van der Waals surface area contributed by atoms with Crippen LogP contribution >= 0.6 is 23.1 Å². The van der Waals surface area contributed by atoms with Crippen LogP contribution in [-0.2, 0) is 20.7 Å². The third-order valence-corrected chi connectivity index (χ3v) is 6.06. The Bertz CT molecular complexity index is 613. The van der Waals surface area contributed by atoms with Gasteiger partial charge >= 0.3 is 5.97 Å². The molecule has 0 saturated heterocycles. The molecule has 1 amide bonds. The number of thiazole rings is 1. The first-order valence-electron chi connectivity index (χ1n) is 8.80. The molecule has 1 aliphatic rings. The van der Waals surface area contributed by atoms with Crippen molar-refractivity contribution in [3.05, 3.63) is 22.7 Å². The lowest BCUT2D eigenvalue weighted by molar-refractivity contribution is -0.142. The minimum Gasteiger partial charge on any atom is -0.466 e. The number of rotatable bonds is 9. The van der Waals surface area contributed by atoms with Crippen LogP contribution in [0.4, 0.5) is 0 Å². The molecule has 1 heterocycles. The van der Waals surface area contributed by atoms with Crippen molar-refractivity contribution in [3.63, 3.8) is 0 Å². The molecule has 7 heteroatoms. The van der Waals surface area contributed by atoms with Crippen LogP contribution in [0, 0.1) is 0 Å². The molecule has 0 radical (unpaired) electrons. The third-order valence-electron chi connectivity index (χ3n) is 3.94.